The molecule has 0 aliphatic carbocycles. The number of hydrogen-bond acceptors (Lipinski definition) is 1. The molecule has 0 radical (unpaired) electrons. The molecule has 2 aromatic rings. The highest BCUT2D eigenvalue weighted by Crippen LogP contribution is 2.34. The van der Waals surface area contributed by atoms with Crippen molar-refractivity contribution in [3.05, 3.63) is 47.5 Å². The minimum Gasteiger partial charge on any atom is -0.316 e. The van der Waals surface area contributed by atoms with Gasteiger partial charge in [0.2, 0.25) is 0 Å². The Kier molecular flexibility index (Phi) is 6.67. The Bertz CT molecular complexity index is 649. The highest BCUT2D eigenvalue weighted by Gasteiger charge is 2.38. The van der Waals surface area contributed by atoms with Gasteiger partial charge < -0.3 is 5.73 Å². The lowest BCUT2D eigenvalue weighted by molar-refractivity contribution is -0.148. The van der Waals surface area contributed by atoms with Gasteiger partial charge in [0.05, 0.1) is 0 Å². The Morgan fingerprint density at radius 3 is 2.38 bits per heavy atom. The minimum absolute atomic E-state index is 0.145. The van der Waals surface area contributed by atoms with Crippen LogP contribution >= 0.6 is 0 Å². The molecule has 0 unspecified atom stereocenters. The van der Waals surface area contributed by atoms with Crippen LogP contribution in [0.1, 0.15) is 62.6 Å². The molecule has 0 fully saturated rings. The van der Waals surface area contributed by atoms with E-state index in [4.69, 9.17) is 5.73 Å². The van der Waals surface area contributed by atoms with Crippen LogP contribution in [0.25, 0.3) is 10.8 Å². The number of hydrogen-bond donors (Lipinski definition) is 1. The van der Waals surface area contributed by atoms with E-state index >= 15 is 0 Å². The number of benzene rings is 2. The molecule has 0 aliphatic rings. The second-order valence-electron chi connectivity index (χ2n) is 6.44. The van der Waals surface area contributed by atoms with Crippen molar-refractivity contribution in [2.45, 2.75) is 64.1 Å². The summed E-state index contributed by atoms with van der Waals surface area (Å²) < 4.78 is 38.7. The molecule has 1 nitrogen and oxygen atoms in total. The summed E-state index contributed by atoms with van der Waals surface area (Å²) in [4.78, 5) is 0. The summed E-state index contributed by atoms with van der Waals surface area (Å²) in [6.07, 6.45) is 3.95. The standard InChI is InChI=1S/C20H26F3N/c1-2-3-4-5-6-7-9-15-12-13-17-16(14-15)10-8-11-18(17)19(24)20(21,22)23/h8,10-14,19H,2-7,9,24H2,1H3/t19-/m0/s1. The van der Waals surface area contributed by atoms with E-state index in [1.807, 2.05) is 18.2 Å². The molecule has 0 saturated heterocycles. The molecule has 0 heterocycles. The van der Waals surface area contributed by atoms with Crippen LogP contribution < -0.4 is 5.73 Å². The van der Waals surface area contributed by atoms with E-state index in [0.29, 0.717) is 5.39 Å². The molecular weight excluding hydrogens is 311 g/mol. The lowest BCUT2D eigenvalue weighted by Gasteiger charge is -2.18. The van der Waals surface area contributed by atoms with Crippen LogP contribution in [0.4, 0.5) is 13.2 Å². The Morgan fingerprint density at radius 1 is 0.958 bits per heavy atom. The Morgan fingerprint density at radius 2 is 1.67 bits per heavy atom. The van der Waals surface area contributed by atoms with Crippen LogP contribution in [0.5, 0.6) is 0 Å². The molecule has 1 atom stereocenters. The monoisotopic (exact) mass is 337 g/mol. The third-order valence-corrected chi connectivity index (χ3v) is 4.49. The van der Waals surface area contributed by atoms with E-state index in [1.54, 1.807) is 12.1 Å². The molecule has 0 aliphatic heterocycles. The van der Waals surface area contributed by atoms with Crippen molar-refractivity contribution in [2.24, 2.45) is 5.73 Å². The summed E-state index contributed by atoms with van der Waals surface area (Å²) in [5, 5.41) is 1.42. The SMILES string of the molecule is CCCCCCCCc1ccc2c([C@H](N)C(F)(F)F)cccc2c1. The number of nitrogens with two attached hydrogens (primary N) is 1. The van der Waals surface area contributed by atoms with Crippen molar-refractivity contribution in [1.29, 1.82) is 0 Å². The van der Waals surface area contributed by atoms with Gasteiger partial charge in [-0.15, -0.1) is 0 Å². The topological polar surface area (TPSA) is 26.0 Å². The number of halogens is 3. The van der Waals surface area contributed by atoms with Crippen molar-refractivity contribution in [1.82, 2.24) is 0 Å². The molecule has 4 heteroatoms. The van der Waals surface area contributed by atoms with Crippen LogP contribution in [0.2, 0.25) is 0 Å². The highest BCUT2D eigenvalue weighted by atomic mass is 19.4. The Labute approximate surface area is 142 Å². The molecule has 0 aromatic heterocycles. The van der Waals surface area contributed by atoms with Crippen molar-refractivity contribution >= 4 is 10.8 Å². The number of unbranched alkanes of at least 4 members (excludes halogenated alkanes) is 5. The lowest BCUT2D eigenvalue weighted by atomic mass is 9.96. The highest BCUT2D eigenvalue weighted by molar-refractivity contribution is 5.86. The Hall–Kier alpha value is -1.55. The molecule has 2 rings (SSSR count). The molecule has 2 aromatic carbocycles. The molecule has 2 N–H and O–H groups in total. The summed E-state index contributed by atoms with van der Waals surface area (Å²) in [7, 11) is 0. The fourth-order valence-electron chi connectivity index (χ4n) is 3.07. The number of rotatable bonds is 8. The van der Waals surface area contributed by atoms with Crippen LogP contribution in [0, 0.1) is 0 Å². The van der Waals surface area contributed by atoms with E-state index in [2.05, 4.69) is 6.92 Å². The van der Waals surface area contributed by atoms with Crippen molar-refractivity contribution in [3.8, 4) is 0 Å². The Balaban J connectivity index is 2.06. The van der Waals surface area contributed by atoms with Gasteiger partial charge in [0.25, 0.3) is 0 Å². The number of fused-ring (bicyclic) bond motifs is 1. The third-order valence-electron chi connectivity index (χ3n) is 4.49. The van der Waals surface area contributed by atoms with Gasteiger partial charge in [-0.05, 0) is 34.7 Å². The normalized spacial score (nSPS) is 13.4. The van der Waals surface area contributed by atoms with Crippen molar-refractivity contribution in [2.75, 3.05) is 0 Å². The van der Waals surface area contributed by atoms with Gasteiger partial charge in [-0.2, -0.15) is 13.2 Å². The zero-order chi connectivity index (χ0) is 17.6. The maximum absolute atomic E-state index is 12.9. The quantitative estimate of drug-likeness (QED) is 0.562. The summed E-state index contributed by atoms with van der Waals surface area (Å²) in [5.74, 6) is 0. The van der Waals surface area contributed by atoms with Gasteiger partial charge in [0, 0.05) is 0 Å². The fourth-order valence-corrected chi connectivity index (χ4v) is 3.07. The smallest absolute Gasteiger partial charge is 0.316 e. The molecule has 0 bridgehead atoms. The van der Waals surface area contributed by atoms with Gasteiger partial charge in [-0.1, -0.05) is 75.4 Å². The van der Waals surface area contributed by atoms with Gasteiger partial charge in [0.1, 0.15) is 6.04 Å². The molecule has 24 heavy (non-hydrogen) atoms. The van der Waals surface area contributed by atoms with E-state index in [0.717, 1.165) is 18.2 Å². The maximum Gasteiger partial charge on any atom is 0.407 e. The summed E-state index contributed by atoms with van der Waals surface area (Å²) in [6, 6.07) is 8.74. The first-order valence-electron chi connectivity index (χ1n) is 8.77. The average Bonchev–Trinajstić information content (AvgIpc) is 2.55. The van der Waals surface area contributed by atoms with E-state index in [1.165, 1.54) is 43.7 Å². The second-order valence-corrected chi connectivity index (χ2v) is 6.44. The lowest BCUT2D eigenvalue weighted by Crippen LogP contribution is -2.28. The van der Waals surface area contributed by atoms with E-state index in [-0.39, 0.29) is 5.56 Å². The summed E-state index contributed by atoms with van der Waals surface area (Å²) in [6.45, 7) is 2.20. The predicted molar refractivity (Wildman–Crippen MR) is 94.0 cm³/mol. The van der Waals surface area contributed by atoms with Crippen LogP contribution in [0.3, 0.4) is 0 Å². The summed E-state index contributed by atoms with van der Waals surface area (Å²) >= 11 is 0. The second kappa shape index (κ2) is 8.52. The summed E-state index contributed by atoms with van der Waals surface area (Å²) in [5.41, 5.74) is 6.71. The fraction of sp³-hybridized carbons (Fsp3) is 0.500. The van der Waals surface area contributed by atoms with Gasteiger partial charge >= 0.3 is 6.18 Å². The first-order chi connectivity index (χ1) is 11.4. The molecule has 132 valence electrons. The maximum atomic E-state index is 12.9. The first kappa shape index (κ1) is 18.8. The van der Waals surface area contributed by atoms with Gasteiger partial charge in [-0.25, -0.2) is 0 Å². The molecule has 0 saturated carbocycles. The zero-order valence-corrected chi connectivity index (χ0v) is 14.2. The van der Waals surface area contributed by atoms with E-state index in [9.17, 15) is 13.2 Å². The van der Waals surface area contributed by atoms with E-state index < -0.39 is 12.2 Å². The average molecular weight is 337 g/mol. The predicted octanol–water partition coefficient (Wildman–Crippen LogP) is 6.30. The van der Waals surface area contributed by atoms with Crippen LogP contribution in [-0.2, 0) is 6.42 Å². The minimum atomic E-state index is -4.43. The number of alkyl halides is 3. The largest absolute Gasteiger partial charge is 0.407 e. The van der Waals surface area contributed by atoms with Gasteiger partial charge in [-0.3, -0.25) is 0 Å². The third kappa shape index (κ3) is 4.97. The zero-order valence-electron chi connectivity index (χ0n) is 14.2. The van der Waals surface area contributed by atoms with Crippen molar-refractivity contribution in [3.63, 3.8) is 0 Å². The molecular formula is C20H26F3N. The first-order valence-corrected chi connectivity index (χ1v) is 8.77. The van der Waals surface area contributed by atoms with Crippen LogP contribution in [0.15, 0.2) is 36.4 Å². The van der Waals surface area contributed by atoms with Crippen molar-refractivity contribution < 1.29 is 13.2 Å². The number of aryl methyl sites for hydroxylation is 1. The van der Waals surface area contributed by atoms with Gasteiger partial charge in [0.15, 0.2) is 0 Å². The molecule has 0 spiro atoms. The van der Waals surface area contributed by atoms with Crippen LogP contribution in [-0.4, -0.2) is 6.18 Å². The molecule has 0 amide bonds.